The molecule has 1 fully saturated rings. The molecule has 1 N–H and O–H groups in total. The van der Waals surface area contributed by atoms with Gasteiger partial charge in [0.25, 0.3) is 0 Å². The molecule has 10 heteroatoms. The average Bonchev–Trinajstić information content (AvgIpc) is 3.48. The number of methoxy groups -OCH3 is 1. The zero-order chi connectivity index (χ0) is 37.3. The first-order valence-electron chi connectivity index (χ1n) is 19.8. The number of carbonyl (C=O) groups is 3. The summed E-state index contributed by atoms with van der Waals surface area (Å²) in [6.45, 7) is 5.86. The summed E-state index contributed by atoms with van der Waals surface area (Å²) >= 11 is 0. The molecule has 2 bridgehead atoms. The number of hydrogen-bond donors (Lipinski definition) is 1. The van der Waals surface area contributed by atoms with Crippen LogP contribution >= 0.6 is 0 Å². The fourth-order valence-corrected chi connectivity index (χ4v) is 8.75. The van der Waals surface area contributed by atoms with Gasteiger partial charge in [0.2, 0.25) is 0 Å². The Kier molecular flexibility index (Phi) is 13.9. The number of carbonyl (C=O) groups excluding carboxylic acids is 3. The molecule has 0 amide bonds. The highest BCUT2D eigenvalue weighted by Gasteiger charge is 2.72. The number of ether oxygens (including phenoxy) is 5. The first-order valence-corrected chi connectivity index (χ1v) is 19.8. The molecule has 0 radical (unpaired) electrons. The number of aliphatic hydroxyl groups is 1. The highest BCUT2D eigenvalue weighted by molar-refractivity contribution is 5.83. The van der Waals surface area contributed by atoms with E-state index in [0.717, 1.165) is 49.8 Å². The minimum absolute atomic E-state index is 0.131. The Hall–Kier alpha value is -3.37. The van der Waals surface area contributed by atoms with Crippen molar-refractivity contribution >= 4 is 17.9 Å². The molecule has 0 saturated carbocycles. The summed E-state index contributed by atoms with van der Waals surface area (Å²) in [4.78, 5) is 40.7. The fourth-order valence-electron chi connectivity index (χ4n) is 8.75. The van der Waals surface area contributed by atoms with Gasteiger partial charge in [0, 0.05) is 24.4 Å². The van der Waals surface area contributed by atoms with Crippen LogP contribution in [0.2, 0.25) is 0 Å². The van der Waals surface area contributed by atoms with E-state index in [2.05, 4.69) is 24.0 Å². The van der Waals surface area contributed by atoms with E-state index < -0.39 is 47.2 Å². The minimum atomic E-state index is -1.26. The Balaban J connectivity index is 1.03. The number of unbranched alkanes of at least 4 members (excludes halogenated alkanes) is 11. The van der Waals surface area contributed by atoms with Crippen LogP contribution in [-0.2, 0) is 40.4 Å². The summed E-state index contributed by atoms with van der Waals surface area (Å²) in [5, 5.41) is 12.4. The van der Waals surface area contributed by atoms with Gasteiger partial charge in [0.05, 0.1) is 18.1 Å². The third kappa shape index (κ3) is 8.38. The highest BCUT2D eigenvalue weighted by atomic mass is 16.6. The maximum absolute atomic E-state index is 13.3. The van der Waals surface area contributed by atoms with Crippen LogP contribution in [0.5, 0.6) is 11.5 Å². The SMILES string of the molecule is CCCCCCCC/C=C\CCCCCCCC(=O)O[C@@H](C)C(=O)O[C@@H](C)C(=O)OC1=CC[C@@]2(O)[C@@H]3Cc4ccc(OC)c5c4[C@@]2(CCN3C)[C@H]1O5. The number of likely N-dealkylation sites (tertiary alicyclic amines) is 1. The molecule has 52 heavy (non-hydrogen) atoms. The molecule has 4 aliphatic rings. The lowest BCUT2D eigenvalue weighted by Gasteiger charge is -2.61. The monoisotopic (exact) mass is 723 g/mol. The van der Waals surface area contributed by atoms with E-state index in [1.54, 1.807) is 13.2 Å². The van der Waals surface area contributed by atoms with Gasteiger partial charge in [0.15, 0.2) is 29.8 Å². The van der Waals surface area contributed by atoms with E-state index in [1.807, 2.05) is 19.2 Å². The lowest BCUT2D eigenvalue weighted by atomic mass is 9.50. The number of piperidine rings is 1. The minimum Gasteiger partial charge on any atom is -0.493 e. The number of benzene rings is 1. The van der Waals surface area contributed by atoms with Gasteiger partial charge in [-0.05, 0) is 90.1 Å². The lowest BCUT2D eigenvalue weighted by Crippen LogP contribution is -2.74. The van der Waals surface area contributed by atoms with Crippen LogP contribution in [-0.4, -0.2) is 78.6 Å². The summed E-state index contributed by atoms with van der Waals surface area (Å²) in [6.07, 6.45) is 20.1. The summed E-state index contributed by atoms with van der Waals surface area (Å²) in [5.41, 5.74) is 0.0723. The van der Waals surface area contributed by atoms with Crippen LogP contribution in [0.25, 0.3) is 0 Å². The molecule has 1 spiro atoms. The number of allylic oxidation sites excluding steroid dienone is 2. The maximum atomic E-state index is 13.3. The van der Waals surface area contributed by atoms with Crippen molar-refractivity contribution in [2.24, 2.45) is 0 Å². The summed E-state index contributed by atoms with van der Waals surface area (Å²) < 4.78 is 28.8. The summed E-state index contributed by atoms with van der Waals surface area (Å²) in [5.74, 6) is -0.639. The topological polar surface area (TPSA) is 121 Å². The third-order valence-electron chi connectivity index (χ3n) is 11.7. The quantitative estimate of drug-likeness (QED) is 0.0594. The molecule has 10 nitrogen and oxygen atoms in total. The Morgan fingerprint density at radius 3 is 2.29 bits per heavy atom. The van der Waals surface area contributed by atoms with Gasteiger partial charge in [-0.25, -0.2) is 9.59 Å². The first-order chi connectivity index (χ1) is 25.1. The number of nitrogens with zero attached hydrogens (tertiary/aromatic N) is 1. The predicted molar refractivity (Wildman–Crippen MR) is 198 cm³/mol. The van der Waals surface area contributed by atoms with Gasteiger partial charge in [-0.3, -0.25) is 4.79 Å². The van der Waals surface area contributed by atoms with Crippen LogP contribution in [0.3, 0.4) is 0 Å². The van der Waals surface area contributed by atoms with Gasteiger partial charge < -0.3 is 33.7 Å². The molecule has 0 unspecified atom stereocenters. The van der Waals surface area contributed by atoms with Crippen molar-refractivity contribution in [3.8, 4) is 11.5 Å². The summed E-state index contributed by atoms with van der Waals surface area (Å²) in [6, 6.07) is 3.79. The second-order valence-corrected chi connectivity index (χ2v) is 15.3. The zero-order valence-corrected chi connectivity index (χ0v) is 32.1. The largest absolute Gasteiger partial charge is 0.493 e. The maximum Gasteiger partial charge on any atom is 0.352 e. The Morgan fingerprint density at radius 2 is 1.60 bits per heavy atom. The fraction of sp³-hybridized carbons (Fsp3) is 0.690. The number of esters is 3. The molecule has 2 aliphatic heterocycles. The molecule has 2 aliphatic carbocycles. The second kappa shape index (κ2) is 18.1. The zero-order valence-electron chi connectivity index (χ0n) is 32.1. The smallest absolute Gasteiger partial charge is 0.352 e. The molecule has 2 heterocycles. The van der Waals surface area contributed by atoms with Crippen LogP contribution in [0.4, 0.5) is 0 Å². The van der Waals surface area contributed by atoms with E-state index in [1.165, 1.54) is 58.8 Å². The van der Waals surface area contributed by atoms with Gasteiger partial charge in [-0.2, -0.15) is 0 Å². The normalized spacial score (nSPS) is 25.5. The van der Waals surface area contributed by atoms with Crippen molar-refractivity contribution in [3.05, 3.63) is 47.2 Å². The molecule has 1 aromatic rings. The molecular formula is C42H61NO9. The Labute approximate surface area is 310 Å². The standard InChI is InChI=1S/C42H61NO9/c1-6-7-8-9-10-11-12-13-14-15-16-17-18-19-20-21-35(44)49-29(2)39(45)50-30(3)40(46)51-33-24-25-42(47)34-28-31-22-23-32(48-5)37-36(31)41(42,38(33)52-37)26-27-43(34)4/h13-14,22-24,29-30,34,38,47H,6-12,15-21,25-28H2,1-5H3/b14-13-/t29-,30-,34-,38-,41-,42+/m0/s1. The van der Waals surface area contributed by atoms with Crippen molar-refractivity contribution < 1.29 is 43.2 Å². The van der Waals surface area contributed by atoms with Crippen LogP contribution < -0.4 is 9.47 Å². The number of rotatable bonds is 21. The molecule has 5 rings (SSSR count). The molecule has 288 valence electrons. The predicted octanol–water partition coefficient (Wildman–Crippen LogP) is 7.42. The van der Waals surface area contributed by atoms with E-state index in [-0.39, 0.29) is 24.6 Å². The Bertz CT molecular complexity index is 1470. The second-order valence-electron chi connectivity index (χ2n) is 15.3. The van der Waals surface area contributed by atoms with Gasteiger partial charge in [-0.15, -0.1) is 0 Å². The highest BCUT2D eigenvalue weighted by Crippen LogP contribution is 2.65. The van der Waals surface area contributed by atoms with Crippen molar-refractivity contribution in [3.63, 3.8) is 0 Å². The van der Waals surface area contributed by atoms with E-state index in [0.29, 0.717) is 30.8 Å². The lowest BCUT2D eigenvalue weighted by molar-refractivity contribution is -0.180. The van der Waals surface area contributed by atoms with E-state index >= 15 is 0 Å². The van der Waals surface area contributed by atoms with Crippen LogP contribution in [0.1, 0.15) is 135 Å². The number of hydrogen-bond acceptors (Lipinski definition) is 10. The molecule has 1 aromatic carbocycles. The van der Waals surface area contributed by atoms with E-state index in [9.17, 15) is 19.5 Å². The molecule has 1 saturated heterocycles. The van der Waals surface area contributed by atoms with Gasteiger partial charge >= 0.3 is 17.9 Å². The summed E-state index contributed by atoms with van der Waals surface area (Å²) in [7, 11) is 3.61. The molecule has 0 aromatic heterocycles. The van der Waals surface area contributed by atoms with E-state index in [4.69, 9.17) is 23.7 Å². The van der Waals surface area contributed by atoms with Crippen LogP contribution in [0.15, 0.2) is 36.1 Å². The van der Waals surface area contributed by atoms with Gasteiger partial charge in [-0.1, -0.05) is 76.5 Å². The first kappa shape index (κ1) is 39.8. The van der Waals surface area contributed by atoms with Crippen molar-refractivity contribution in [2.75, 3.05) is 20.7 Å². The third-order valence-corrected chi connectivity index (χ3v) is 11.7. The van der Waals surface area contributed by atoms with Crippen molar-refractivity contribution in [1.29, 1.82) is 0 Å². The van der Waals surface area contributed by atoms with Crippen LogP contribution in [0, 0.1) is 0 Å². The average molecular weight is 724 g/mol. The number of likely N-dealkylation sites (N-methyl/N-ethyl adjacent to an activating group) is 1. The van der Waals surface area contributed by atoms with Crippen molar-refractivity contribution in [2.45, 2.75) is 165 Å². The van der Waals surface area contributed by atoms with Gasteiger partial charge in [0.1, 0.15) is 5.76 Å². The molecule has 6 atom stereocenters. The molecular weight excluding hydrogens is 662 g/mol. The Morgan fingerprint density at radius 1 is 0.942 bits per heavy atom. The van der Waals surface area contributed by atoms with Crippen molar-refractivity contribution in [1.82, 2.24) is 4.90 Å².